The summed E-state index contributed by atoms with van der Waals surface area (Å²) in [6, 6.07) is 4.12. The van der Waals surface area contributed by atoms with Crippen molar-refractivity contribution in [2.75, 3.05) is 5.43 Å². The van der Waals surface area contributed by atoms with Crippen LogP contribution in [0.3, 0.4) is 0 Å². The largest absolute Gasteiger partial charge is 0.308 e. The van der Waals surface area contributed by atoms with Crippen molar-refractivity contribution in [1.82, 2.24) is 15.4 Å². The van der Waals surface area contributed by atoms with E-state index < -0.39 is 0 Å². The number of carbonyl (C=O) groups excluding carboxylic acids is 1. The lowest BCUT2D eigenvalue weighted by atomic mass is 10.00. The van der Waals surface area contributed by atoms with E-state index in [9.17, 15) is 4.79 Å². The predicted octanol–water partition coefficient (Wildman–Crippen LogP) is 1.27. The Morgan fingerprint density at radius 3 is 2.58 bits per heavy atom. The second-order valence-electron chi connectivity index (χ2n) is 5.05. The van der Waals surface area contributed by atoms with Gasteiger partial charge in [-0.15, -0.1) is 0 Å². The Kier molecular flexibility index (Phi) is 4.34. The highest BCUT2D eigenvalue weighted by molar-refractivity contribution is 5.93. The van der Waals surface area contributed by atoms with Crippen LogP contribution in [0.15, 0.2) is 18.3 Å². The Bertz CT molecular complexity index is 423. The first kappa shape index (κ1) is 13.8. The molecule has 19 heavy (non-hydrogen) atoms. The van der Waals surface area contributed by atoms with E-state index in [0.29, 0.717) is 23.5 Å². The number of amides is 1. The van der Waals surface area contributed by atoms with Crippen LogP contribution in [-0.4, -0.2) is 28.0 Å². The number of aromatic nitrogens is 1. The summed E-state index contributed by atoms with van der Waals surface area (Å²) in [7, 11) is 0. The first-order chi connectivity index (χ1) is 9.11. The molecule has 0 aliphatic carbocycles. The molecule has 6 heteroatoms. The Hall–Kier alpha value is -1.66. The number of hydrazine groups is 2. The molecule has 1 saturated heterocycles. The second kappa shape index (κ2) is 5.99. The van der Waals surface area contributed by atoms with E-state index in [4.69, 9.17) is 5.84 Å². The van der Waals surface area contributed by atoms with Crippen LogP contribution in [-0.2, 0) is 0 Å². The molecule has 2 heterocycles. The molecule has 4 N–H and O–H groups in total. The summed E-state index contributed by atoms with van der Waals surface area (Å²) in [5, 5.41) is 2.04. The fraction of sp³-hybridized carbons (Fsp3) is 0.538. The van der Waals surface area contributed by atoms with Crippen molar-refractivity contribution in [3.63, 3.8) is 0 Å². The topological polar surface area (TPSA) is 83.3 Å². The zero-order chi connectivity index (χ0) is 13.8. The maximum Gasteiger partial charge on any atom is 0.267 e. The van der Waals surface area contributed by atoms with Crippen LogP contribution in [0.25, 0.3) is 0 Å². The lowest BCUT2D eigenvalue weighted by molar-refractivity contribution is 0.0369. The molecule has 6 nitrogen and oxygen atoms in total. The normalized spacial score (nSPS) is 23.9. The van der Waals surface area contributed by atoms with Crippen molar-refractivity contribution in [3.8, 4) is 0 Å². The molecule has 1 aliphatic rings. The summed E-state index contributed by atoms with van der Waals surface area (Å²) < 4.78 is 0. The van der Waals surface area contributed by atoms with Crippen LogP contribution in [0.5, 0.6) is 0 Å². The zero-order valence-electron chi connectivity index (χ0n) is 11.4. The minimum absolute atomic E-state index is 0.128. The lowest BCUT2D eigenvalue weighted by Crippen LogP contribution is -2.54. The number of nitrogen functional groups attached to an aromatic ring is 1. The highest BCUT2D eigenvalue weighted by Gasteiger charge is 2.26. The van der Waals surface area contributed by atoms with Crippen LogP contribution >= 0.6 is 0 Å². The number of hydrogen-bond donors (Lipinski definition) is 3. The summed E-state index contributed by atoms with van der Waals surface area (Å²) in [5.41, 5.74) is 5.94. The van der Waals surface area contributed by atoms with Gasteiger partial charge in [0.05, 0.1) is 5.56 Å². The predicted molar refractivity (Wildman–Crippen MR) is 74.1 cm³/mol. The lowest BCUT2D eigenvalue weighted by Gasteiger charge is -2.38. The Morgan fingerprint density at radius 1 is 1.37 bits per heavy atom. The summed E-state index contributed by atoms with van der Waals surface area (Å²) in [4.78, 5) is 16.2. The number of hydrogen-bond acceptors (Lipinski definition) is 5. The number of nitrogens with two attached hydrogens (primary N) is 1. The van der Waals surface area contributed by atoms with Crippen molar-refractivity contribution in [2.24, 2.45) is 5.84 Å². The summed E-state index contributed by atoms with van der Waals surface area (Å²) in [5.74, 6) is 5.65. The third kappa shape index (κ3) is 3.21. The number of nitrogens with one attached hydrogen (secondary N) is 2. The SMILES string of the molecule is CC1CCCC(C)N1NC(=O)c1ccc(NN)nc1. The molecule has 2 unspecified atom stereocenters. The van der Waals surface area contributed by atoms with E-state index in [0.717, 1.165) is 12.8 Å². The molecule has 1 aliphatic heterocycles. The van der Waals surface area contributed by atoms with Gasteiger partial charge < -0.3 is 5.43 Å². The number of piperidine rings is 1. The summed E-state index contributed by atoms with van der Waals surface area (Å²) in [6.07, 6.45) is 4.95. The minimum atomic E-state index is -0.128. The van der Waals surface area contributed by atoms with Crippen LogP contribution in [0.4, 0.5) is 5.82 Å². The molecule has 104 valence electrons. The van der Waals surface area contributed by atoms with Gasteiger partial charge in [0.15, 0.2) is 0 Å². The number of rotatable bonds is 3. The zero-order valence-corrected chi connectivity index (χ0v) is 11.4. The number of carbonyl (C=O) groups is 1. The average molecular weight is 263 g/mol. The minimum Gasteiger partial charge on any atom is -0.308 e. The van der Waals surface area contributed by atoms with Gasteiger partial charge in [0.1, 0.15) is 5.82 Å². The fourth-order valence-corrected chi connectivity index (χ4v) is 2.44. The van der Waals surface area contributed by atoms with Gasteiger partial charge in [-0.3, -0.25) is 10.2 Å². The van der Waals surface area contributed by atoms with Crippen molar-refractivity contribution in [1.29, 1.82) is 0 Å². The van der Waals surface area contributed by atoms with E-state index in [1.54, 1.807) is 12.1 Å². The van der Waals surface area contributed by atoms with E-state index in [2.05, 4.69) is 29.7 Å². The highest BCUT2D eigenvalue weighted by Crippen LogP contribution is 2.20. The quantitative estimate of drug-likeness (QED) is 0.565. The third-order valence-corrected chi connectivity index (χ3v) is 3.60. The molecule has 2 atom stereocenters. The van der Waals surface area contributed by atoms with Crippen LogP contribution < -0.4 is 16.7 Å². The smallest absolute Gasteiger partial charge is 0.267 e. The van der Waals surface area contributed by atoms with E-state index in [1.807, 2.05) is 5.01 Å². The summed E-state index contributed by atoms with van der Waals surface area (Å²) >= 11 is 0. The Balaban J connectivity index is 2.02. The second-order valence-corrected chi connectivity index (χ2v) is 5.05. The van der Waals surface area contributed by atoms with Gasteiger partial charge in [-0.25, -0.2) is 15.8 Å². The number of pyridine rings is 1. The molecular weight excluding hydrogens is 242 g/mol. The molecule has 0 saturated carbocycles. The molecular formula is C13H21N5O. The highest BCUT2D eigenvalue weighted by atomic mass is 16.2. The molecule has 1 amide bonds. The van der Waals surface area contributed by atoms with Crippen molar-refractivity contribution < 1.29 is 4.79 Å². The molecule has 0 bridgehead atoms. The van der Waals surface area contributed by atoms with E-state index in [1.165, 1.54) is 12.6 Å². The third-order valence-electron chi connectivity index (χ3n) is 3.60. The molecule has 2 rings (SSSR count). The Morgan fingerprint density at radius 2 is 2.05 bits per heavy atom. The fourth-order valence-electron chi connectivity index (χ4n) is 2.44. The molecule has 1 aromatic heterocycles. The van der Waals surface area contributed by atoms with Crippen molar-refractivity contribution in [3.05, 3.63) is 23.9 Å². The molecule has 0 radical (unpaired) electrons. The van der Waals surface area contributed by atoms with Crippen molar-refractivity contribution >= 4 is 11.7 Å². The number of nitrogens with zero attached hydrogens (tertiary/aromatic N) is 2. The van der Waals surface area contributed by atoms with Gasteiger partial charge in [-0.1, -0.05) is 6.42 Å². The van der Waals surface area contributed by atoms with Gasteiger partial charge in [0.2, 0.25) is 0 Å². The van der Waals surface area contributed by atoms with Crippen LogP contribution in [0.1, 0.15) is 43.5 Å². The first-order valence-electron chi connectivity index (χ1n) is 6.64. The average Bonchev–Trinajstić information content (AvgIpc) is 2.43. The van der Waals surface area contributed by atoms with Gasteiger partial charge >= 0.3 is 0 Å². The van der Waals surface area contributed by atoms with Gasteiger partial charge in [-0.2, -0.15) is 0 Å². The van der Waals surface area contributed by atoms with Crippen molar-refractivity contribution in [2.45, 2.75) is 45.2 Å². The number of anilines is 1. The van der Waals surface area contributed by atoms with Crippen LogP contribution in [0, 0.1) is 0 Å². The molecule has 0 spiro atoms. The molecule has 0 aromatic carbocycles. The van der Waals surface area contributed by atoms with E-state index in [-0.39, 0.29) is 5.91 Å². The first-order valence-corrected chi connectivity index (χ1v) is 6.64. The standard InChI is InChI=1S/C13H21N5O/c1-9-4-3-5-10(2)18(9)17-13(19)11-6-7-12(16-14)15-8-11/h6-10H,3-5,14H2,1-2H3,(H,15,16)(H,17,19). The van der Waals surface area contributed by atoms with Gasteiger partial charge in [-0.05, 0) is 38.8 Å². The Labute approximate surface area is 113 Å². The van der Waals surface area contributed by atoms with Crippen LogP contribution in [0.2, 0.25) is 0 Å². The monoisotopic (exact) mass is 263 g/mol. The molecule has 1 fully saturated rings. The molecule has 1 aromatic rings. The van der Waals surface area contributed by atoms with Gasteiger partial charge in [0.25, 0.3) is 5.91 Å². The maximum atomic E-state index is 12.2. The summed E-state index contributed by atoms with van der Waals surface area (Å²) in [6.45, 7) is 4.27. The maximum absolute atomic E-state index is 12.2. The van der Waals surface area contributed by atoms with Gasteiger partial charge in [0, 0.05) is 18.3 Å². The van der Waals surface area contributed by atoms with E-state index >= 15 is 0 Å².